The minimum Gasteiger partial charge on any atom is -0.336 e. The number of nitrogens with two attached hydrogens (primary N) is 1. The van der Waals surface area contributed by atoms with Crippen molar-refractivity contribution in [3.63, 3.8) is 0 Å². The molecule has 0 saturated carbocycles. The predicted octanol–water partition coefficient (Wildman–Crippen LogP) is 0.595. The minimum atomic E-state index is -3.33. The second-order valence-electron chi connectivity index (χ2n) is 5.47. The fourth-order valence-corrected chi connectivity index (χ4v) is 2.81. The summed E-state index contributed by atoms with van der Waals surface area (Å²) in [5.41, 5.74) is 6.33. The first-order valence-corrected chi connectivity index (χ1v) is 8.33. The minimum absolute atomic E-state index is 0.160. The summed E-state index contributed by atoms with van der Waals surface area (Å²) >= 11 is 0. The fourth-order valence-electron chi connectivity index (χ4n) is 1.74. The molecular formula is C13H22N4O3S. The molecule has 21 heavy (non-hydrogen) atoms. The number of hydrogen-bond donors (Lipinski definition) is 4. The van der Waals surface area contributed by atoms with Crippen molar-refractivity contribution < 1.29 is 13.2 Å². The average Bonchev–Trinajstić information content (AvgIpc) is 2.35. The molecule has 0 spiro atoms. The summed E-state index contributed by atoms with van der Waals surface area (Å²) in [5.74, 6) is 0. The number of hydrogen-bond acceptors (Lipinski definition) is 4. The molecule has 0 heterocycles. The summed E-state index contributed by atoms with van der Waals surface area (Å²) < 4.78 is 24.8. The lowest BCUT2D eigenvalue weighted by Gasteiger charge is -2.25. The number of benzene rings is 1. The van der Waals surface area contributed by atoms with Gasteiger partial charge in [-0.25, -0.2) is 17.9 Å². The molecule has 5 N–H and O–H groups in total. The maximum atomic E-state index is 11.8. The topological polar surface area (TPSA) is 113 Å². The van der Waals surface area contributed by atoms with E-state index in [2.05, 4.69) is 15.4 Å². The van der Waals surface area contributed by atoms with Crippen LogP contribution in [0.15, 0.2) is 24.3 Å². The molecule has 0 aliphatic heterocycles. The average molecular weight is 314 g/mol. The molecule has 118 valence electrons. The number of amides is 2. The Hall–Kier alpha value is -1.64. The molecule has 1 aromatic carbocycles. The highest BCUT2D eigenvalue weighted by molar-refractivity contribution is 7.88. The van der Waals surface area contributed by atoms with Gasteiger partial charge in [-0.15, -0.1) is 0 Å². The van der Waals surface area contributed by atoms with E-state index in [0.29, 0.717) is 12.2 Å². The first-order chi connectivity index (χ1) is 9.61. The number of carbonyl (C=O) groups excluding carboxylic acids is 1. The van der Waals surface area contributed by atoms with E-state index < -0.39 is 21.6 Å². The third-order valence-electron chi connectivity index (χ3n) is 2.60. The van der Waals surface area contributed by atoms with Crippen LogP contribution in [-0.4, -0.2) is 32.8 Å². The van der Waals surface area contributed by atoms with Gasteiger partial charge < -0.3 is 16.4 Å². The lowest BCUT2D eigenvalue weighted by molar-refractivity contribution is 0.249. The Labute approximate surface area is 125 Å². The quantitative estimate of drug-likeness (QED) is 0.615. The van der Waals surface area contributed by atoms with Gasteiger partial charge in [-0.1, -0.05) is 12.1 Å². The van der Waals surface area contributed by atoms with Crippen molar-refractivity contribution in [3.05, 3.63) is 29.8 Å². The number of rotatable bonds is 6. The van der Waals surface area contributed by atoms with E-state index in [0.717, 1.165) is 11.8 Å². The van der Waals surface area contributed by atoms with Gasteiger partial charge in [0.05, 0.1) is 6.26 Å². The summed E-state index contributed by atoms with van der Waals surface area (Å²) in [4.78, 5) is 11.8. The van der Waals surface area contributed by atoms with Crippen LogP contribution in [0.3, 0.4) is 0 Å². The Bertz CT molecular complexity index is 582. The van der Waals surface area contributed by atoms with Crippen LogP contribution in [-0.2, 0) is 16.6 Å². The van der Waals surface area contributed by atoms with E-state index in [-0.39, 0.29) is 6.54 Å². The molecule has 0 atom stereocenters. The second-order valence-corrected chi connectivity index (χ2v) is 7.22. The van der Waals surface area contributed by atoms with E-state index in [1.54, 1.807) is 26.0 Å². The van der Waals surface area contributed by atoms with Gasteiger partial charge in [0, 0.05) is 24.3 Å². The van der Waals surface area contributed by atoms with Crippen molar-refractivity contribution in [3.8, 4) is 0 Å². The highest BCUT2D eigenvalue weighted by atomic mass is 32.2. The number of carbonyl (C=O) groups is 1. The Morgan fingerprint density at radius 2 is 1.81 bits per heavy atom. The molecule has 0 fully saturated rings. The summed E-state index contributed by atoms with van der Waals surface area (Å²) in [6.07, 6.45) is 1.08. The van der Waals surface area contributed by atoms with Crippen molar-refractivity contribution in [2.75, 3.05) is 18.1 Å². The molecule has 0 unspecified atom stereocenters. The Kier molecular flexibility index (Phi) is 5.70. The Morgan fingerprint density at radius 1 is 1.24 bits per heavy atom. The zero-order chi connectivity index (χ0) is 16.1. The SMILES string of the molecule is CC(C)(CNC(=O)Nc1ccc(CN)cc1)NS(C)(=O)=O. The molecule has 0 bridgehead atoms. The summed E-state index contributed by atoms with van der Waals surface area (Å²) in [7, 11) is -3.33. The highest BCUT2D eigenvalue weighted by Gasteiger charge is 2.22. The molecule has 0 aliphatic rings. The maximum Gasteiger partial charge on any atom is 0.319 e. The van der Waals surface area contributed by atoms with E-state index in [4.69, 9.17) is 5.73 Å². The number of sulfonamides is 1. The fraction of sp³-hybridized carbons (Fsp3) is 0.462. The van der Waals surface area contributed by atoms with Gasteiger partial charge in [0.25, 0.3) is 0 Å². The Morgan fingerprint density at radius 3 is 2.29 bits per heavy atom. The molecule has 0 saturated heterocycles. The molecule has 8 heteroatoms. The second kappa shape index (κ2) is 6.88. The predicted molar refractivity (Wildman–Crippen MR) is 83.4 cm³/mol. The van der Waals surface area contributed by atoms with Crippen LogP contribution in [0.25, 0.3) is 0 Å². The number of nitrogens with one attached hydrogen (secondary N) is 3. The van der Waals surface area contributed by atoms with Gasteiger partial charge in [0.15, 0.2) is 0 Å². The molecule has 1 rings (SSSR count). The van der Waals surface area contributed by atoms with E-state index in [1.807, 2.05) is 12.1 Å². The van der Waals surface area contributed by atoms with Crippen LogP contribution in [0.1, 0.15) is 19.4 Å². The first kappa shape index (κ1) is 17.4. The number of urea groups is 1. The normalized spacial score (nSPS) is 12.0. The summed E-state index contributed by atoms with van der Waals surface area (Å²) in [5, 5.41) is 5.28. The van der Waals surface area contributed by atoms with Crippen LogP contribution >= 0.6 is 0 Å². The molecule has 7 nitrogen and oxygen atoms in total. The van der Waals surface area contributed by atoms with Crippen molar-refractivity contribution in [1.82, 2.24) is 10.0 Å². The first-order valence-electron chi connectivity index (χ1n) is 6.44. The molecule has 2 amide bonds. The third-order valence-corrected chi connectivity index (χ3v) is 3.52. The van der Waals surface area contributed by atoms with Gasteiger partial charge in [-0.3, -0.25) is 0 Å². The monoisotopic (exact) mass is 314 g/mol. The largest absolute Gasteiger partial charge is 0.336 e. The van der Waals surface area contributed by atoms with Crippen LogP contribution < -0.4 is 21.1 Å². The van der Waals surface area contributed by atoms with Crippen molar-refractivity contribution >= 4 is 21.7 Å². The lowest BCUT2D eigenvalue weighted by atomic mass is 10.1. The van der Waals surface area contributed by atoms with Crippen LogP contribution in [0.5, 0.6) is 0 Å². The molecular weight excluding hydrogens is 292 g/mol. The zero-order valence-electron chi connectivity index (χ0n) is 12.4. The van der Waals surface area contributed by atoms with E-state index >= 15 is 0 Å². The summed E-state index contributed by atoms with van der Waals surface area (Å²) in [6, 6.07) is 6.75. The van der Waals surface area contributed by atoms with Crippen LogP contribution in [0.4, 0.5) is 10.5 Å². The van der Waals surface area contributed by atoms with E-state index in [1.165, 1.54) is 0 Å². The van der Waals surface area contributed by atoms with Crippen molar-refractivity contribution in [2.45, 2.75) is 25.9 Å². The van der Waals surface area contributed by atoms with Gasteiger partial charge in [0.2, 0.25) is 10.0 Å². The van der Waals surface area contributed by atoms with Gasteiger partial charge in [-0.2, -0.15) is 0 Å². The molecule has 0 aliphatic carbocycles. The van der Waals surface area contributed by atoms with Crippen molar-refractivity contribution in [1.29, 1.82) is 0 Å². The zero-order valence-corrected chi connectivity index (χ0v) is 13.3. The lowest BCUT2D eigenvalue weighted by Crippen LogP contribution is -2.51. The van der Waals surface area contributed by atoms with Crippen LogP contribution in [0.2, 0.25) is 0 Å². The third kappa shape index (κ3) is 7.07. The Balaban J connectivity index is 2.50. The standard InChI is InChI=1S/C13H22N4O3S/c1-13(2,17-21(3,19)20)9-15-12(18)16-11-6-4-10(8-14)5-7-11/h4-7,17H,8-9,14H2,1-3H3,(H2,15,16,18). The highest BCUT2D eigenvalue weighted by Crippen LogP contribution is 2.09. The summed E-state index contributed by atoms with van der Waals surface area (Å²) in [6.45, 7) is 3.97. The van der Waals surface area contributed by atoms with Gasteiger partial charge >= 0.3 is 6.03 Å². The molecule has 0 radical (unpaired) electrons. The molecule has 0 aromatic heterocycles. The smallest absolute Gasteiger partial charge is 0.319 e. The van der Waals surface area contributed by atoms with E-state index in [9.17, 15) is 13.2 Å². The molecule has 1 aromatic rings. The van der Waals surface area contributed by atoms with Crippen molar-refractivity contribution in [2.24, 2.45) is 5.73 Å². The van der Waals surface area contributed by atoms with Gasteiger partial charge in [0.1, 0.15) is 0 Å². The number of anilines is 1. The van der Waals surface area contributed by atoms with Gasteiger partial charge in [-0.05, 0) is 31.5 Å². The van der Waals surface area contributed by atoms with Crippen LogP contribution in [0, 0.1) is 0 Å². The maximum absolute atomic E-state index is 11.8.